The van der Waals surface area contributed by atoms with Crippen LogP contribution in [0.4, 0.5) is 17.1 Å². The Hall–Kier alpha value is -1.33. The minimum atomic E-state index is -0.464. The standard InChI is InChI=1S/C9H14N3O2.ClH/c1-12(2,3)7-4-5-8(10)9(6-7)11(13)14;/h4-6H,10H2,1-3H3;1H/q+1;/p-1. The molecule has 0 atom stereocenters. The van der Waals surface area contributed by atoms with E-state index in [4.69, 9.17) is 5.73 Å². The van der Waals surface area contributed by atoms with E-state index >= 15 is 0 Å². The third-order valence-corrected chi connectivity index (χ3v) is 1.99. The molecule has 1 aromatic rings. The zero-order valence-electron chi connectivity index (χ0n) is 8.90. The molecule has 0 saturated heterocycles. The first-order chi connectivity index (χ1) is 6.32. The van der Waals surface area contributed by atoms with Gasteiger partial charge in [0.25, 0.3) is 5.69 Å². The molecule has 0 saturated carbocycles. The van der Waals surface area contributed by atoms with Crippen LogP contribution >= 0.6 is 0 Å². The molecule has 0 aliphatic carbocycles. The van der Waals surface area contributed by atoms with E-state index in [0.29, 0.717) is 4.48 Å². The zero-order chi connectivity index (χ0) is 10.9. The van der Waals surface area contributed by atoms with Gasteiger partial charge in [-0.1, -0.05) is 0 Å². The van der Waals surface area contributed by atoms with E-state index in [0.717, 1.165) is 5.69 Å². The molecule has 0 unspecified atom stereocenters. The molecule has 0 aliphatic rings. The molecular weight excluding hydrogens is 218 g/mol. The lowest BCUT2D eigenvalue weighted by atomic mass is 10.2. The highest BCUT2D eigenvalue weighted by Gasteiger charge is 2.19. The first-order valence-electron chi connectivity index (χ1n) is 4.18. The SMILES string of the molecule is C[N+](C)(C)c1ccc(N)c([N+](=O)[O-])c1.[Cl-]. The number of hydrogen-bond donors (Lipinski definition) is 1. The van der Waals surface area contributed by atoms with Crippen LogP contribution in [-0.4, -0.2) is 26.1 Å². The van der Waals surface area contributed by atoms with Crippen molar-refractivity contribution in [2.45, 2.75) is 0 Å². The summed E-state index contributed by atoms with van der Waals surface area (Å²) >= 11 is 0. The maximum atomic E-state index is 10.6. The van der Waals surface area contributed by atoms with Crippen LogP contribution in [0.15, 0.2) is 18.2 Å². The van der Waals surface area contributed by atoms with Crippen LogP contribution in [0, 0.1) is 10.1 Å². The Morgan fingerprint density at radius 3 is 2.27 bits per heavy atom. The molecule has 0 radical (unpaired) electrons. The van der Waals surface area contributed by atoms with Crippen LogP contribution in [0.25, 0.3) is 0 Å². The van der Waals surface area contributed by atoms with Crippen molar-refractivity contribution in [3.05, 3.63) is 28.3 Å². The monoisotopic (exact) mass is 231 g/mol. The molecule has 0 spiro atoms. The highest BCUT2D eigenvalue weighted by Crippen LogP contribution is 2.28. The van der Waals surface area contributed by atoms with E-state index in [-0.39, 0.29) is 23.8 Å². The Morgan fingerprint density at radius 1 is 1.33 bits per heavy atom. The molecule has 0 aliphatic heterocycles. The number of nitro groups is 1. The van der Waals surface area contributed by atoms with E-state index < -0.39 is 4.92 Å². The Kier molecular flexibility index (Phi) is 4.06. The van der Waals surface area contributed by atoms with E-state index in [1.165, 1.54) is 6.07 Å². The highest BCUT2D eigenvalue weighted by molar-refractivity contribution is 5.64. The van der Waals surface area contributed by atoms with Crippen LogP contribution in [0.3, 0.4) is 0 Å². The molecule has 1 aromatic carbocycles. The quantitative estimate of drug-likeness (QED) is 0.288. The Balaban J connectivity index is 0.00000196. The summed E-state index contributed by atoms with van der Waals surface area (Å²) in [7, 11) is 5.82. The Morgan fingerprint density at radius 2 is 1.87 bits per heavy atom. The third kappa shape index (κ3) is 3.07. The molecule has 5 nitrogen and oxygen atoms in total. The molecule has 15 heavy (non-hydrogen) atoms. The summed E-state index contributed by atoms with van der Waals surface area (Å²) in [5.41, 5.74) is 6.51. The number of nitro benzene ring substituents is 1. The fraction of sp³-hybridized carbons (Fsp3) is 0.333. The van der Waals surface area contributed by atoms with Gasteiger partial charge in [-0.25, -0.2) is 0 Å². The van der Waals surface area contributed by atoms with Gasteiger partial charge in [0.2, 0.25) is 0 Å². The lowest BCUT2D eigenvalue weighted by molar-refractivity contribution is -0.383. The highest BCUT2D eigenvalue weighted by atomic mass is 35.5. The molecular formula is C9H14ClN3O2. The van der Waals surface area contributed by atoms with Gasteiger partial charge in [0.1, 0.15) is 11.4 Å². The summed E-state index contributed by atoms with van der Waals surface area (Å²) in [4.78, 5) is 10.2. The van der Waals surface area contributed by atoms with Gasteiger partial charge >= 0.3 is 0 Å². The van der Waals surface area contributed by atoms with Crippen molar-refractivity contribution in [1.29, 1.82) is 0 Å². The number of anilines is 1. The number of benzene rings is 1. The molecule has 0 heterocycles. The van der Waals surface area contributed by atoms with Crippen molar-refractivity contribution in [3.63, 3.8) is 0 Å². The number of nitrogen functional groups attached to an aromatic ring is 1. The molecule has 84 valence electrons. The zero-order valence-corrected chi connectivity index (χ0v) is 9.65. The lowest BCUT2D eigenvalue weighted by Gasteiger charge is -2.23. The van der Waals surface area contributed by atoms with E-state index in [9.17, 15) is 10.1 Å². The first-order valence-corrected chi connectivity index (χ1v) is 4.18. The second-order valence-electron chi connectivity index (χ2n) is 4.01. The molecule has 0 aromatic heterocycles. The fourth-order valence-electron chi connectivity index (χ4n) is 1.11. The molecule has 2 N–H and O–H groups in total. The summed E-state index contributed by atoms with van der Waals surface area (Å²) in [6.45, 7) is 0. The summed E-state index contributed by atoms with van der Waals surface area (Å²) in [5, 5.41) is 10.6. The van der Waals surface area contributed by atoms with Gasteiger partial charge in [-0.3, -0.25) is 14.6 Å². The van der Waals surface area contributed by atoms with E-state index in [1.54, 1.807) is 12.1 Å². The van der Waals surface area contributed by atoms with Gasteiger partial charge in [-0.15, -0.1) is 0 Å². The first kappa shape index (κ1) is 13.7. The van der Waals surface area contributed by atoms with Crippen molar-refractivity contribution < 1.29 is 17.3 Å². The number of nitrogens with two attached hydrogens (primary N) is 1. The topological polar surface area (TPSA) is 69.2 Å². The van der Waals surface area contributed by atoms with Crippen LogP contribution < -0.4 is 22.6 Å². The minimum Gasteiger partial charge on any atom is -1.00 e. The van der Waals surface area contributed by atoms with Crippen molar-refractivity contribution in [2.24, 2.45) is 0 Å². The van der Waals surface area contributed by atoms with E-state index in [1.807, 2.05) is 21.1 Å². The van der Waals surface area contributed by atoms with Gasteiger partial charge in [0, 0.05) is 6.07 Å². The minimum absolute atomic E-state index is 0. The lowest BCUT2D eigenvalue weighted by Crippen LogP contribution is -3.00. The van der Waals surface area contributed by atoms with Gasteiger partial charge in [0.15, 0.2) is 0 Å². The maximum Gasteiger partial charge on any atom is 0.298 e. The maximum absolute atomic E-state index is 10.6. The third-order valence-electron chi connectivity index (χ3n) is 1.99. The molecule has 0 amide bonds. The number of quaternary nitrogens is 1. The summed E-state index contributed by atoms with van der Waals surface area (Å²) in [5.74, 6) is 0. The predicted molar refractivity (Wildman–Crippen MR) is 57.1 cm³/mol. The average Bonchev–Trinajstić information content (AvgIpc) is 2.02. The van der Waals surface area contributed by atoms with Gasteiger partial charge in [-0.05, 0) is 6.07 Å². The predicted octanol–water partition coefficient (Wildman–Crippen LogP) is -1.62. The van der Waals surface area contributed by atoms with Crippen molar-refractivity contribution in [2.75, 3.05) is 26.9 Å². The second kappa shape index (κ2) is 4.46. The van der Waals surface area contributed by atoms with Gasteiger partial charge in [0.05, 0.1) is 32.1 Å². The van der Waals surface area contributed by atoms with Crippen molar-refractivity contribution >= 4 is 17.1 Å². The van der Waals surface area contributed by atoms with Crippen LogP contribution in [-0.2, 0) is 0 Å². The number of nitrogens with zero attached hydrogens (tertiary/aromatic N) is 2. The number of rotatable bonds is 2. The molecule has 1 rings (SSSR count). The largest absolute Gasteiger partial charge is 1.00 e. The van der Waals surface area contributed by atoms with Crippen molar-refractivity contribution in [1.82, 2.24) is 4.48 Å². The number of halogens is 1. The van der Waals surface area contributed by atoms with Crippen molar-refractivity contribution in [3.8, 4) is 0 Å². The van der Waals surface area contributed by atoms with E-state index in [2.05, 4.69) is 0 Å². The smallest absolute Gasteiger partial charge is 0.298 e. The summed E-state index contributed by atoms with van der Waals surface area (Å²) in [6, 6.07) is 4.87. The Labute approximate surface area is 94.6 Å². The number of hydrogen-bond acceptors (Lipinski definition) is 3. The molecule has 6 heteroatoms. The normalized spacial score (nSPS) is 10.6. The van der Waals surface area contributed by atoms with Gasteiger partial charge in [-0.2, -0.15) is 0 Å². The van der Waals surface area contributed by atoms with Crippen LogP contribution in [0.5, 0.6) is 0 Å². The molecule has 0 bridgehead atoms. The van der Waals surface area contributed by atoms with Crippen LogP contribution in [0.1, 0.15) is 0 Å². The summed E-state index contributed by atoms with van der Waals surface area (Å²) < 4.78 is 0.529. The second-order valence-corrected chi connectivity index (χ2v) is 4.01. The van der Waals surface area contributed by atoms with Gasteiger partial charge < -0.3 is 18.1 Å². The summed E-state index contributed by atoms with van der Waals surface area (Å²) in [6.07, 6.45) is 0. The fourth-order valence-corrected chi connectivity index (χ4v) is 1.11. The Bertz CT molecular complexity index is 374. The molecule has 0 fully saturated rings. The van der Waals surface area contributed by atoms with Crippen LogP contribution in [0.2, 0.25) is 0 Å². The average molecular weight is 232 g/mol.